The maximum Gasteiger partial charge on any atom is 0.253 e. The van der Waals surface area contributed by atoms with Crippen LogP contribution in [0.4, 0.5) is 4.39 Å². The number of epoxide rings is 1. The monoisotopic (exact) mass is 294 g/mol. The van der Waals surface area contributed by atoms with Crippen molar-refractivity contribution in [2.75, 3.05) is 13.1 Å². The third-order valence-electron chi connectivity index (χ3n) is 3.95. The summed E-state index contributed by atoms with van der Waals surface area (Å²) in [6, 6.07) is 6.07. The SMILES string of the molecule is N#C[C@H]1OC12CCN(C(=O)c1ccc(F)c(Cl)c1)CC2. The van der Waals surface area contributed by atoms with Crippen molar-refractivity contribution < 1.29 is 13.9 Å². The van der Waals surface area contributed by atoms with Gasteiger partial charge in [0.2, 0.25) is 0 Å². The van der Waals surface area contributed by atoms with Crippen molar-refractivity contribution >= 4 is 17.5 Å². The first-order valence-electron chi connectivity index (χ1n) is 6.37. The number of hydrogen-bond donors (Lipinski definition) is 0. The second-order valence-corrected chi connectivity index (χ2v) is 5.52. The first kappa shape index (κ1) is 13.3. The molecule has 6 heteroatoms. The average molecular weight is 295 g/mol. The molecule has 4 nitrogen and oxygen atoms in total. The van der Waals surface area contributed by atoms with E-state index in [2.05, 4.69) is 6.07 Å². The van der Waals surface area contributed by atoms with Crippen LogP contribution in [0.15, 0.2) is 18.2 Å². The number of carbonyl (C=O) groups excluding carboxylic acids is 1. The lowest BCUT2D eigenvalue weighted by atomic mass is 9.93. The fraction of sp³-hybridized carbons (Fsp3) is 0.429. The van der Waals surface area contributed by atoms with Gasteiger partial charge in [0.15, 0.2) is 6.10 Å². The Morgan fingerprint density at radius 1 is 1.50 bits per heavy atom. The van der Waals surface area contributed by atoms with Crippen LogP contribution in [0.2, 0.25) is 5.02 Å². The summed E-state index contributed by atoms with van der Waals surface area (Å²) in [5.74, 6) is -0.708. The molecule has 2 saturated heterocycles. The number of halogens is 2. The van der Waals surface area contributed by atoms with Gasteiger partial charge in [0, 0.05) is 18.7 Å². The van der Waals surface area contributed by atoms with E-state index in [9.17, 15) is 9.18 Å². The third-order valence-corrected chi connectivity index (χ3v) is 4.24. The van der Waals surface area contributed by atoms with Gasteiger partial charge in [-0.2, -0.15) is 5.26 Å². The summed E-state index contributed by atoms with van der Waals surface area (Å²) in [7, 11) is 0. The lowest BCUT2D eigenvalue weighted by molar-refractivity contribution is 0.0663. The first-order chi connectivity index (χ1) is 9.55. The van der Waals surface area contributed by atoms with Gasteiger partial charge in [-0.05, 0) is 31.0 Å². The van der Waals surface area contributed by atoms with E-state index in [0.29, 0.717) is 31.5 Å². The minimum Gasteiger partial charge on any atom is -0.350 e. The van der Waals surface area contributed by atoms with E-state index in [1.165, 1.54) is 18.2 Å². The Bertz CT molecular complexity index is 606. The molecule has 1 aromatic carbocycles. The van der Waals surface area contributed by atoms with Gasteiger partial charge in [-0.1, -0.05) is 11.6 Å². The summed E-state index contributed by atoms with van der Waals surface area (Å²) in [4.78, 5) is 14.0. The highest BCUT2D eigenvalue weighted by Crippen LogP contribution is 2.44. The average Bonchev–Trinajstić information content (AvgIpc) is 3.15. The summed E-state index contributed by atoms with van der Waals surface area (Å²) in [6.07, 6.45) is 0.984. The maximum atomic E-state index is 13.1. The van der Waals surface area contributed by atoms with Crippen molar-refractivity contribution in [2.45, 2.75) is 24.5 Å². The largest absolute Gasteiger partial charge is 0.350 e. The van der Waals surface area contributed by atoms with E-state index >= 15 is 0 Å². The van der Waals surface area contributed by atoms with Crippen LogP contribution in [0.3, 0.4) is 0 Å². The molecule has 1 spiro atoms. The van der Waals surface area contributed by atoms with Crippen molar-refractivity contribution in [3.05, 3.63) is 34.6 Å². The molecule has 1 amide bonds. The molecule has 0 unspecified atom stereocenters. The molecule has 2 fully saturated rings. The fourth-order valence-electron chi connectivity index (χ4n) is 2.62. The number of benzene rings is 1. The lowest BCUT2D eigenvalue weighted by Gasteiger charge is -2.30. The Morgan fingerprint density at radius 2 is 2.20 bits per heavy atom. The zero-order chi connectivity index (χ0) is 14.3. The molecule has 1 aromatic rings. The van der Waals surface area contributed by atoms with Crippen LogP contribution in [0.25, 0.3) is 0 Å². The number of amides is 1. The molecule has 0 N–H and O–H groups in total. The highest BCUT2D eigenvalue weighted by atomic mass is 35.5. The number of rotatable bonds is 1. The van der Waals surface area contributed by atoms with Crippen molar-refractivity contribution in [1.82, 2.24) is 4.90 Å². The predicted octanol–water partition coefficient (Wildman–Crippen LogP) is 2.38. The molecule has 2 heterocycles. The number of carbonyl (C=O) groups is 1. The van der Waals surface area contributed by atoms with Crippen LogP contribution in [-0.4, -0.2) is 35.6 Å². The number of nitriles is 1. The molecule has 1 atom stereocenters. The smallest absolute Gasteiger partial charge is 0.253 e. The number of nitrogens with zero attached hydrogens (tertiary/aromatic N) is 2. The van der Waals surface area contributed by atoms with Gasteiger partial charge in [-0.3, -0.25) is 4.79 Å². The molecule has 0 aromatic heterocycles. The van der Waals surface area contributed by atoms with Crippen LogP contribution < -0.4 is 0 Å². The molecule has 104 valence electrons. The standard InChI is InChI=1S/C14H12ClFN2O2/c15-10-7-9(1-2-11(10)16)13(19)18-5-3-14(4-6-18)12(8-17)20-14/h1-2,7,12H,3-6H2/t12-/m1/s1. The van der Waals surface area contributed by atoms with E-state index in [-0.39, 0.29) is 22.6 Å². The van der Waals surface area contributed by atoms with E-state index < -0.39 is 5.82 Å². The second kappa shape index (κ2) is 4.72. The molecule has 20 heavy (non-hydrogen) atoms. The summed E-state index contributed by atoms with van der Waals surface area (Å²) < 4.78 is 18.5. The Labute approximate surface area is 120 Å². The van der Waals surface area contributed by atoms with Crippen molar-refractivity contribution in [1.29, 1.82) is 5.26 Å². The molecule has 3 rings (SSSR count). The normalized spacial score (nSPS) is 23.4. The quantitative estimate of drug-likeness (QED) is 0.747. The zero-order valence-corrected chi connectivity index (χ0v) is 11.4. The van der Waals surface area contributed by atoms with E-state index in [1.54, 1.807) is 4.90 Å². The molecular weight excluding hydrogens is 283 g/mol. The third kappa shape index (κ3) is 2.15. The van der Waals surface area contributed by atoms with Crippen molar-refractivity contribution in [2.24, 2.45) is 0 Å². The Kier molecular flexibility index (Phi) is 3.15. The molecule has 0 bridgehead atoms. The number of ether oxygens (including phenoxy) is 1. The van der Waals surface area contributed by atoms with Gasteiger partial charge in [0.25, 0.3) is 5.91 Å². The number of hydrogen-bond acceptors (Lipinski definition) is 3. The van der Waals surface area contributed by atoms with Gasteiger partial charge in [-0.15, -0.1) is 0 Å². The molecule has 0 radical (unpaired) electrons. The molecule has 0 aliphatic carbocycles. The van der Waals surface area contributed by atoms with Crippen LogP contribution in [-0.2, 0) is 4.74 Å². The van der Waals surface area contributed by atoms with E-state index in [0.717, 1.165) is 0 Å². The summed E-state index contributed by atoms with van der Waals surface area (Å²) >= 11 is 5.69. The Hall–Kier alpha value is -1.64. The van der Waals surface area contributed by atoms with Gasteiger partial charge in [-0.25, -0.2) is 4.39 Å². The highest BCUT2D eigenvalue weighted by molar-refractivity contribution is 6.31. The fourth-order valence-corrected chi connectivity index (χ4v) is 2.81. The van der Waals surface area contributed by atoms with E-state index in [1.807, 2.05) is 0 Å². The molecule has 2 aliphatic rings. The highest BCUT2D eigenvalue weighted by Gasteiger charge is 2.58. The molecular formula is C14H12ClFN2O2. The van der Waals surface area contributed by atoms with Gasteiger partial charge in [0.1, 0.15) is 11.4 Å². The summed E-state index contributed by atoms with van der Waals surface area (Å²) in [5, 5.41) is 8.77. The molecule has 0 saturated carbocycles. The van der Waals surface area contributed by atoms with E-state index in [4.69, 9.17) is 21.6 Å². The van der Waals surface area contributed by atoms with Crippen molar-refractivity contribution in [3.8, 4) is 6.07 Å². The minimum atomic E-state index is -0.538. The van der Waals surface area contributed by atoms with Crippen LogP contribution in [0.1, 0.15) is 23.2 Å². The lowest BCUT2D eigenvalue weighted by Crippen LogP contribution is -2.42. The maximum absolute atomic E-state index is 13.1. The minimum absolute atomic E-state index is 0.0561. The zero-order valence-electron chi connectivity index (χ0n) is 10.6. The van der Waals surface area contributed by atoms with Gasteiger partial charge >= 0.3 is 0 Å². The molecule has 2 aliphatic heterocycles. The van der Waals surface area contributed by atoms with Crippen LogP contribution in [0.5, 0.6) is 0 Å². The van der Waals surface area contributed by atoms with Gasteiger partial charge in [0.05, 0.1) is 11.1 Å². The first-order valence-corrected chi connectivity index (χ1v) is 6.75. The Balaban J connectivity index is 1.68. The predicted molar refractivity (Wildman–Crippen MR) is 69.8 cm³/mol. The van der Waals surface area contributed by atoms with Crippen LogP contribution >= 0.6 is 11.6 Å². The number of likely N-dealkylation sites (tertiary alicyclic amines) is 1. The summed E-state index contributed by atoms with van der Waals surface area (Å²) in [5.41, 5.74) is 0.0345. The summed E-state index contributed by atoms with van der Waals surface area (Å²) in [6.45, 7) is 1.07. The topological polar surface area (TPSA) is 56.6 Å². The Morgan fingerprint density at radius 3 is 2.75 bits per heavy atom. The second-order valence-electron chi connectivity index (χ2n) is 5.11. The van der Waals surface area contributed by atoms with Gasteiger partial charge < -0.3 is 9.64 Å². The van der Waals surface area contributed by atoms with Crippen LogP contribution in [0, 0.1) is 17.1 Å². The number of piperidine rings is 1. The van der Waals surface area contributed by atoms with Crippen molar-refractivity contribution in [3.63, 3.8) is 0 Å².